The van der Waals surface area contributed by atoms with Gasteiger partial charge >= 0.3 is 0 Å². The number of pyridine rings is 2. The fourth-order valence-corrected chi connectivity index (χ4v) is 6.77. The normalized spacial score (nSPS) is 14.6. The number of hydrogen-bond acceptors (Lipinski definition) is 7. The van der Waals surface area contributed by atoms with E-state index in [-0.39, 0.29) is 48.1 Å². The highest BCUT2D eigenvalue weighted by molar-refractivity contribution is 7.18. The molecular weight excluding hydrogens is 600 g/mol. The number of thiophene rings is 1. The SMILES string of the molecule is C=CC(=O)N1CCn2nc(-c3nc(-c4ccn(C(C)C)c(=O)c4)c4ccsc4c3-c3c(F)cc(F)cc3OCCO)cc2[C@H]1C. The lowest BCUT2D eigenvalue weighted by Crippen LogP contribution is -2.40. The van der Waals surface area contributed by atoms with Crippen molar-refractivity contribution >= 4 is 27.3 Å². The molecule has 0 fully saturated rings. The van der Waals surface area contributed by atoms with Crippen LogP contribution in [0.1, 0.15) is 38.5 Å². The first kappa shape index (κ1) is 30.4. The summed E-state index contributed by atoms with van der Waals surface area (Å²) < 4.78 is 40.1. The zero-order chi connectivity index (χ0) is 32.0. The van der Waals surface area contributed by atoms with Gasteiger partial charge in [0.1, 0.15) is 35.4 Å². The Balaban J connectivity index is 1.65. The third-order valence-electron chi connectivity index (χ3n) is 7.96. The lowest BCUT2D eigenvalue weighted by molar-refractivity contribution is -0.129. The van der Waals surface area contributed by atoms with Gasteiger partial charge < -0.3 is 19.3 Å². The second-order valence-corrected chi connectivity index (χ2v) is 11.9. The van der Waals surface area contributed by atoms with Gasteiger partial charge in [-0.15, -0.1) is 11.3 Å². The molecule has 1 atom stereocenters. The molecule has 4 aromatic heterocycles. The van der Waals surface area contributed by atoms with Crippen molar-refractivity contribution in [3.8, 4) is 39.5 Å². The van der Waals surface area contributed by atoms with E-state index >= 15 is 4.39 Å². The summed E-state index contributed by atoms with van der Waals surface area (Å²) in [6.07, 6.45) is 3.00. The van der Waals surface area contributed by atoms with Gasteiger partial charge in [0.2, 0.25) is 5.91 Å². The van der Waals surface area contributed by atoms with E-state index in [0.29, 0.717) is 51.4 Å². The van der Waals surface area contributed by atoms with Crippen LogP contribution < -0.4 is 10.3 Å². The molecule has 0 unspecified atom stereocenters. The molecule has 0 saturated heterocycles. The van der Waals surface area contributed by atoms with Gasteiger partial charge in [-0.1, -0.05) is 6.58 Å². The lowest BCUT2D eigenvalue weighted by atomic mass is 9.96. The van der Waals surface area contributed by atoms with Crippen molar-refractivity contribution in [1.29, 1.82) is 0 Å². The Labute approximate surface area is 261 Å². The number of hydrogen-bond donors (Lipinski definition) is 1. The Morgan fingerprint density at radius 1 is 1.18 bits per heavy atom. The number of carbonyl (C=O) groups is 1. The number of rotatable bonds is 8. The van der Waals surface area contributed by atoms with Gasteiger partial charge in [0.15, 0.2) is 0 Å². The summed E-state index contributed by atoms with van der Waals surface area (Å²) in [4.78, 5) is 32.3. The van der Waals surface area contributed by atoms with Crippen LogP contribution in [0.2, 0.25) is 0 Å². The molecule has 0 bridgehead atoms. The van der Waals surface area contributed by atoms with Crippen LogP contribution >= 0.6 is 11.3 Å². The van der Waals surface area contributed by atoms with Crippen molar-refractivity contribution in [1.82, 2.24) is 24.2 Å². The molecule has 0 aliphatic carbocycles. The monoisotopic (exact) mass is 631 g/mol. The van der Waals surface area contributed by atoms with Crippen molar-refractivity contribution in [2.24, 2.45) is 0 Å². The molecular formula is C33H31F2N5O4S. The molecule has 1 aliphatic heterocycles. The van der Waals surface area contributed by atoms with Gasteiger partial charge in [0.05, 0.1) is 36.1 Å². The Bertz CT molecular complexity index is 2010. The van der Waals surface area contributed by atoms with E-state index in [2.05, 4.69) is 6.58 Å². The molecule has 0 radical (unpaired) electrons. The number of halogens is 2. The fraction of sp³-hybridized carbons (Fsp3) is 0.273. The number of aliphatic hydroxyl groups is 1. The zero-order valence-corrected chi connectivity index (χ0v) is 25.8. The highest BCUT2D eigenvalue weighted by Crippen LogP contribution is 2.47. The Hall–Kier alpha value is -4.68. The quantitative estimate of drug-likeness (QED) is 0.212. The number of fused-ring (bicyclic) bond motifs is 2. The van der Waals surface area contributed by atoms with Crippen molar-refractivity contribution in [3.05, 3.63) is 88.3 Å². The molecule has 232 valence electrons. The van der Waals surface area contributed by atoms with Crippen LogP contribution in [0.4, 0.5) is 8.78 Å². The average molecular weight is 632 g/mol. The minimum Gasteiger partial charge on any atom is -0.490 e. The number of carbonyl (C=O) groups excluding carboxylic acids is 1. The smallest absolute Gasteiger partial charge is 0.251 e. The third-order valence-corrected chi connectivity index (χ3v) is 8.89. The molecule has 1 N–H and O–H groups in total. The molecule has 12 heteroatoms. The molecule has 1 aliphatic rings. The molecule has 6 rings (SSSR count). The van der Waals surface area contributed by atoms with E-state index < -0.39 is 11.6 Å². The summed E-state index contributed by atoms with van der Waals surface area (Å²) in [6.45, 7) is 9.65. The number of aromatic nitrogens is 4. The summed E-state index contributed by atoms with van der Waals surface area (Å²) >= 11 is 1.34. The number of aliphatic hydroxyl groups excluding tert-OH is 1. The molecule has 0 spiro atoms. The van der Waals surface area contributed by atoms with Crippen molar-refractivity contribution < 1.29 is 23.4 Å². The molecule has 45 heavy (non-hydrogen) atoms. The molecule has 9 nitrogen and oxygen atoms in total. The van der Waals surface area contributed by atoms with E-state index in [4.69, 9.17) is 14.8 Å². The Morgan fingerprint density at radius 3 is 2.69 bits per heavy atom. The van der Waals surface area contributed by atoms with Crippen molar-refractivity contribution in [2.75, 3.05) is 19.8 Å². The molecule has 0 saturated carbocycles. The Kier molecular flexibility index (Phi) is 8.10. The first-order chi connectivity index (χ1) is 21.6. The van der Waals surface area contributed by atoms with Gasteiger partial charge in [0, 0.05) is 58.2 Å². The fourth-order valence-electron chi connectivity index (χ4n) is 5.82. The zero-order valence-electron chi connectivity index (χ0n) is 25.0. The summed E-state index contributed by atoms with van der Waals surface area (Å²) in [7, 11) is 0. The van der Waals surface area contributed by atoms with Crippen LogP contribution in [0.5, 0.6) is 5.75 Å². The average Bonchev–Trinajstić information content (AvgIpc) is 3.67. The van der Waals surface area contributed by atoms with Crippen molar-refractivity contribution in [2.45, 2.75) is 39.4 Å². The predicted octanol–water partition coefficient (Wildman–Crippen LogP) is 5.97. The second kappa shape index (κ2) is 12.0. The molecule has 5 aromatic rings. The van der Waals surface area contributed by atoms with Crippen LogP contribution in [-0.4, -0.2) is 55.0 Å². The topological polar surface area (TPSA) is 102 Å². The number of amides is 1. The van der Waals surface area contributed by atoms with Gasteiger partial charge in [-0.25, -0.2) is 13.8 Å². The molecule has 5 heterocycles. The maximum Gasteiger partial charge on any atom is 0.251 e. The molecule has 1 amide bonds. The minimum atomic E-state index is -0.868. The summed E-state index contributed by atoms with van der Waals surface area (Å²) in [5.74, 6) is -1.99. The molecule has 1 aromatic carbocycles. The van der Waals surface area contributed by atoms with Crippen molar-refractivity contribution in [3.63, 3.8) is 0 Å². The minimum absolute atomic E-state index is 0.0240. The van der Waals surface area contributed by atoms with Crippen LogP contribution in [0, 0.1) is 11.6 Å². The largest absolute Gasteiger partial charge is 0.490 e. The highest BCUT2D eigenvalue weighted by Gasteiger charge is 2.31. The van der Waals surface area contributed by atoms with Crippen LogP contribution in [0.25, 0.3) is 43.9 Å². The second-order valence-electron chi connectivity index (χ2n) is 11.0. The van der Waals surface area contributed by atoms with E-state index in [9.17, 15) is 19.1 Å². The first-order valence-electron chi connectivity index (χ1n) is 14.5. The van der Waals surface area contributed by atoms with Crippen LogP contribution in [-0.2, 0) is 11.3 Å². The van der Waals surface area contributed by atoms with Gasteiger partial charge in [0.25, 0.3) is 5.56 Å². The van der Waals surface area contributed by atoms with Gasteiger partial charge in [-0.2, -0.15) is 5.10 Å². The predicted molar refractivity (Wildman–Crippen MR) is 169 cm³/mol. The number of nitrogens with zero attached hydrogens (tertiary/aromatic N) is 5. The van der Waals surface area contributed by atoms with Gasteiger partial charge in [-0.3, -0.25) is 14.3 Å². The van der Waals surface area contributed by atoms with Crippen LogP contribution in [0.3, 0.4) is 0 Å². The maximum atomic E-state index is 15.9. The van der Waals surface area contributed by atoms with E-state index in [1.165, 1.54) is 23.5 Å². The highest BCUT2D eigenvalue weighted by atomic mass is 32.1. The summed E-state index contributed by atoms with van der Waals surface area (Å²) in [5.41, 5.74) is 2.65. The standard InChI is InChI=1S/C33H31F2N5O4S/c1-5-27(42)39-9-10-40-25(19(39)4)17-24(37-40)32-30(29-23(35)15-21(34)16-26(29)44-12-11-41)33-22(7-13-45-33)31(36-32)20-6-8-38(18(2)3)28(43)14-20/h5-8,13-19,41H,1,9-12H2,2-4H3/t19-/m1/s1. The third kappa shape index (κ3) is 5.33. The Morgan fingerprint density at radius 2 is 1.98 bits per heavy atom. The maximum absolute atomic E-state index is 15.9. The van der Waals surface area contributed by atoms with E-state index in [0.717, 1.165) is 17.8 Å². The van der Waals surface area contributed by atoms with Gasteiger partial charge in [-0.05, 0) is 50.4 Å². The lowest BCUT2D eigenvalue weighted by Gasteiger charge is -2.33. The van der Waals surface area contributed by atoms with Crippen LogP contribution in [0.15, 0.2) is 65.4 Å². The summed E-state index contributed by atoms with van der Waals surface area (Å²) in [5, 5.41) is 16.8. The number of ether oxygens (including phenoxy) is 1. The van der Waals surface area contributed by atoms with E-state index in [1.54, 1.807) is 20.3 Å². The first-order valence-corrected chi connectivity index (χ1v) is 15.4. The number of benzene rings is 1. The van der Waals surface area contributed by atoms with E-state index in [1.807, 2.05) is 44.4 Å². The summed E-state index contributed by atoms with van der Waals surface area (Å²) in [6, 6.07) is 8.50.